The predicted octanol–water partition coefficient (Wildman–Crippen LogP) is 17.0. The van der Waals surface area contributed by atoms with E-state index < -0.39 is 89.6 Å². The Morgan fingerprint density at radius 1 is 0.262 bits per heavy atom. The molecule has 0 bridgehead atoms. The van der Waals surface area contributed by atoms with E-state index in [2.05, 4.69) is 6.07 Å². The first-order valence-electron chi connectivity index (χ1n) is 26.0. The summed E-state index contributed by atoms with van der Waals surface area (Å²) in [6.07, 6.45) is 0. The molecule has 11 rings (SSSR count). The lowest BCUT2D eigenvalue weighted by molar-refractivity contribution is 1.28. The lowest BCUT2D eigenvalue weighted by Gasteiger charge is -2.26. The van der Waals surface area contributed by atoms with Crippen molar-refractivity contribution >= 4 is 49.4 Å². The average Bonchev–Trinajstić information content (AvgIpc) is 3.42. The fraction of sp³-hybridized carbons (Fsp3) is 0. The van der Waals surface area contributed by atoms with Gasteiger partial charge in [0.2, 0.25) is 0 Å². The quantitative estimate of drug-likeness (QED) is 0.148. The van der Waals surface area contributed by atoms with Crippen molar-refractivity contribution in [1.29, 1.82) is 0 Å². The molecular weight excluding hydrogens is 735 g/mol. The molecular formula is C60H41N. The van der Waals surface area contributed by atoms with Gasteiger partial charge in [0.25, 0.3) is 0 Å². The highest BCUT2D eigenvalue weighted by Gasteiger charge is 2.16. The van der Waals surface area contributed by atoms with Crippen LogP contribution < -0.4 is 4.90 Å². The van der Waals surface area contributed by atoms with E-state index >= 15 is 0 Å². The number of fused-ring (bicyclic) bond motifs is 3. The SMILES string of the molecule is [2H]c1c([2H])c(N(c2c([2H])c([2H])c(-c3ccc4ccccc4c3)c([2H])c2[2H])c2c([2H])c([2H])c(-c3ccc4ccccc4c3-c3ccccc3)c([2H])c2[2H])c([2H])c([2H])c1-c1ccc(-c2ccc3ccccc3c2)cc1. The Labute approximate surface area is 373 Å². The molecule has 1 nitrogen and oxygen atoms in total. The molecule has 11 aromatic carbocycles. The summed E-state index contributed by atoms with van der Waals surface area (Å²) in [6, 6.07) is 47.4. The van der Waals surface area contributed by atoms with Crippen molar-refractivity contribution in [3.63, 3.8) is 0 Å². The van der Waals surface area contributed by atoms with Crippen LogP contribution in [0.4, 0.5) is 17.1 Å². The van der Waals surface area contributed by atoms with Crippen LogP contribution >= 0.6 is 0 Å². The van der Waals surface area contributed by atoms with Gasteiger partial charge < -0.3 is 4.90 Å². The standard InChI is InChI=1S/C60H41N/c1-2-13-50(14-3-1)60-58-17-9-8-12-48(58)32-39-59(60)49-30-37-57(38-31-49)61(56-35-28-47(29-36-56)54-25-23-43-11-5-7-16-52(43)41-54)55-33-26-45(27-34-55)44-18-20-46(21-19-44)53-24-22-42-10-4-6-15-51(42)40-53/h1-41H/i26D,27D,28D,29D,30D,31D,33D,34D,35D,36D,37D,38D. The van der Waals surface area contributed by atoms with Gasteiger partial charge >= 0.3 is 0 Å². The van der Waals surface area contributed by atoms with Gasteiger partial charge in [0.1, 0.15) is 0 Å². The Bertz CT molecular complexity index is 3980. The minimum Gasteiger partial charge on any atom is -0.311 e. The highest BCUT2D eigenvalue weighted by molar-refractivity contribution is 6.04. The molecule has 61 heavy (non-hydrogen) atoms. The summed E-state index contributed by atoms with van der Waals surface area (Å²) in [5.41, 5.74) is 2.42. The van der Waals surface area contributed by atoms with E-state index in [0.29, 0.717) is 22.3 Å². The van der Waals surface area contributed by atoms with Crippen molar-refractivity contribution in [1.82, 2.24) is 0 Å². The van der Waals surface area contributed by atoms with Crippen LogP contribution in [0.15, 0.2) is 248 Å². The van der Waals surface area contributed by atoms with Crippen LogP contribution in [0.3, 0.4) is 0 Å². The van der Waals surface area contributed by atoms with Crippen molar-refractivity contribution < 1.29 is 16.4 Å². The molecule has 286 valence electrons. The Kier molecular flexibility index (Phi) is 6.53. The zero-order valence-corrected chi connectivity index (χ0v) is 32.7. The number of anilines is 3. The molecule has 0 aliphatic rings. The molecule has 0 radical (unpaired) electrons. The third-order valence-electron chi connectivity index (χ3n) is 11.1. The van der Waals surface area contributed by atoms with Crippen LogP contribution in [-0.4, -0.2) is 0 Å². The number of rotatable bonds is 8. The van der Waals surface area contributed by atoms with Crippen molar-refractivity contribution in [2.75, 3.05) is 4.90 Å². The molecule has 0 fully saturated rings. The molecule has 0 unspecified atom stereocenters. The minimum atomic E-state index is -0.677. The van der Waals surface area contributed by atoms with E-state index in [1.165, 1.54) is 0 Å². The monoisotopic (exact) mass is 787 g/mol. The fourth-order valence-electron chi connectivity index (χ4n) is 7.95. The molecule has 0 heterocycles. The van der Waals surface area contributed by atoms with Crippen molar-refractivity contribution in [3.8, 4) is 55.6 Å². The molecule has 0 N–H and O–H groups in total. The van der Waals surface area contributed by atoms with Crippen LogP contribution in [0.25, 0.3) is 88.0 Å². The maximum Gasteiger partial charge on any atom is 0.0645 e. The molecule has 0 spiro atoms. The fourth-order valence-corrected chi connectivity index (χ4v) is 7.95. The largest absolute Gasteiger partial charge is 0.311 e. The van der Waals surface area contributed by atoms with Crippen molar-refractivity contribution in [2.45, 2.75) is 0 Å². The molecule has 0 saturated carbocycles. The van der Waals surface area contributed by atoms with Crippen LogP contribution in [0.5, 0.6) is 0 Å². The lowest BCUT2D eigenvalue weighted by Crippen LogP contribution is -2.09. The highest BCUT2D eigenvalue weighted by Crippen LogP contribution is 2.41. The third-order valence-corrected chi connectivity index (χ3v) is 11.1. The van der Waals surface area contributed by atoms with Gasteiger partial charge in [-0.25, -0.2) is 0 Å². The van der Waals surface area contributed by atoms with Crippen molar-refractivity contribution in [2.24, 2.45) is 0 Å². The molecule has 0 saturated heterocycles. The molecule has 0 aliphatic heterocycles. The molecule has 0 amide bonds. The first kappa shape index (κ1) is 25.5. The Morgan fingerprint density at radius 2 is 0.656 bits per heavy atom. The maximum absolute atomic E-state index is 9.79. The maximum atomic E-state index is 9.79. The van der Waals surface area contributed by atoms with Crippen LogP contribution in [-0.2, 0) is 0 Å². The summed E-state index contributed by atoms with van der Waals surface area (Å²) in [7, 11) is 0. The smallest absolute Gasteiger partial charge is 0.0645 e. The van der Waals surface area contributed by atoms with E-state index in [1.54, 1.807) is 30.3 Å². The summed E-state index contributed by atoms with van der Waals surface area (Å²) in [6.45, 7) is 0. The van der Waals surface area contributed by atoms with Crippen LogP contribution in [0, 0.1) is 0 Å². The summed E-state index contributed by atoms with van der Waals surface area (Å²) >= 11 is 0. The summed E-state index contributed by atoms with van der Waals surface area (Å²) < 4.78 is 115. The van der Waals surface area contributed by atoms with E-state index in [4.69, 9.17) is 0 Å². The molecule has 0 aromatic heterocycles. The second-order valence-electron chi connectivity index (χ2n) is 14.8. The van der Waals surface area contributed by atoms with Gasteiger partial charge in [-0.2, -0.15) is 0 Å². The first-order chi connectivity index (χ1) is 35.2. The molecule has 0 atom stereocenters. The first-order valence-corrected chi connectivity index (χ1v) is 20.0. The Hall–Kier alpha value is -8.00. The van der Waals surface area contributed by atoms with Gasteiger partial charge in [-0.15, -0.1) is 0 Å². The van der Waals surface area contributed by atoms with Gasteiger partial charge in [0.05, 0.1) is 16.4 Å². The number of hydrogen-bond acceptors (Lipinski definition) is 1. The van der Waals surface area contributed by atoms with Gasteiger partial charge in [-0.3, -0.25) is 0 Å². The van der Waals surface area contributed by atoms with E-state index in [9.17, 15) is 16.4 Å². The van der Waals surface area contributed by atoms with Gasteiger partial charge in [-0.1, -0.05) is 200 Å². The van der Waals surface area contributed by atoms with Gasteiger partial charge in [0, 0.05) is 17.1 Å². The second kappa shape index (κ2) is 15.6. The number of hydrogen-bond donors (Lipinski definition) is 0. The molecule has 1 heteroatoms. The molecule has 11 aromatic rings. The zero-order chi connectivity index (χ0) is 51.0. The third kappa shape index (κ3) is 7.03. The summed E-state index contributed by atoms with van der Waals surface area (Å²) in [5.74, 6) is 0. The van der Waals surface area contributed by atoms with Crippen molar-refractivity contribution in [3.05, 3.63) is 248 Å². The predicted molar refractivity (Wildman–Crippen MR) is 261 cm³/mol. The topological polar surface area (TPSA) is 3.24 Å². The van der Waals surface area contributed by atoms with E-state index in [1.807, 2.05) is 140 Å². The van der Waals surface area contributed by atoms with Crippen LogP contribution in [0.2, 0.25) is 0 Å². The van der Waals surface area contributed by atoms with Crippen LogP contribution in [0.1, 0.15) is 16.4 Å². The number of nitrogens with zero attached hydrogens (tertiary/aromatic N) is 1. The second-order valence-corrected chi connectivity index (χ2v) is 14.8. The van der Waals surface area contributed by atoms with Gasteiger partial charge in [0.15, 0.2) is 0 Å². The highest BCUT2D eigenvalue weighted by atomic mass is 15.1. The lowest BCUT2D eigenvalue weighted by atomic mass is 9.90. The molecule has 0 aliphatic carbocycles. The normalized spacial score (nSPS) is 14.0. The summed E-state index contributed by atoms with van der Waals surface area (Å²) in [5, 5.41) is 5.50. The Balaban J connectivity index is 1.15. The summed E-state index contributed by atoms with van der Waals surface area (Å²) in [4.78, 5) is 0.862. The average molecular weight is 788 g/mol. The minimum absolute atomic E-state index is 0.0499. The van der Waals surface area contributed by atoms with E-state index in [-0.39, 0.29) is 16.7 Å². The van der Waals surface area contributed by atoms with Gasteiger partial charge in [-0.05, 0) is 136 Å². The Morgan fingerprint density at radius 3 is 1.21 bits per heavy atom. The number of benzene rings is 11. The zero-order valence-electron chi connectivity index (χ0n) is 44.7. The van der Waals surface area contributed by atoms with E-state index in [0.717, 1.165) is 53.9 Å².